The van der Waals surface area contributed by atoms with Gasteiger partial charge in [-0.05, 0) is 79.5 Å². The molecule has 0 saturated heterocycles. The molecule has 36 heavy (non-hydrogen) atoms. The van der Waals surface area contributed by atoms with Gasteiger partial charge in [0.2, 0.25) is 0 Å². The van der Waals surface area contributed by atoms with Crippen LogP contribution in [0.3, 0.4) is 0 Å². The molecule has 0 bridgehead atoms. The topological polar surface area (TPSA) is 74.5 Å². The van der Waals surface area contributed by atoms with Crippen molar-refractivity contribution in [3.63, 3.8) is 0 Å². The normalized spacial score (nSPS) is 15.9. The van der Waals surface area contributed by atoms with Crippen LogP contribution in [0.5, 0.6) is 5.75 Å². The number of rotatable bonds is 7. The fourth-order valence-corrected chi connectivity index (χ4v) is 6.27. The lowest BCUT2D eigenvalue weighted by Crippen LogP contribution is -2.36. The number of thiophene rings is 1. The molecule has 5 rings (SSSR count). The summed E-state index contributed by atoms with van der Waals surface area (Å²) in [5.74, 6) is 0.803. The first kappa shape index (κ1) is 24.3. The molecule has 1 N–H and O–H groups in total. The van der Waals surface area contributed by atoms with Crippen LogP contribution in [-0.2, 0) is 19.4 Å². The van der Waals surface area contributed by atoms with Crippen LogP contribution in [0.2, 0.25) is 0 Å². The maximum absolute atomic E-state index is 13.4. The summed E-state index contributed by atoms with van der Waals surface area (Å²) in [6, 6.07) is 17.6. The molecule has 0 unspecified atom stereocenters. The number of hydrogen-bond donors (Lipinski definition) is 1. The first-order valence-electron chi connectivity index (χ1n) is 12.9. The van der Waals surface area contributed by atoms with Crippen LogP contribution in [0.1, 0.15) is 82.4 Å². The summed E-state index contributed by atoms with van der Waals surface area (Å²) < 4.78 is 5.96. The number of nitrogens with zero attached hydrogens (tertiary/aromatic N) is 2. The van der Waals surface area contributed by atoms with Gasteiger partial charge in [0.25, 0.3) is 5.91 Å². The van der Waals surface area contributed by atoms with Crippen LogP contribution in [0.4, 0.5) is 5.00 Å². The van der Waals surface area contributed by atoms with Crippen LogP contribution in [0.25, 0.3) is 0 Å². The van der Waals surface area contributed by atoms with E-state index in [1.54, 1.807) is 23.5 Å². The molecule has 5 nitrogen and oxygen atoms in total. The molecular formula is C30H31N3O2S. The SMILES string of the molecule is N#Cc1ccc(COc2cccc(C=Nc3sc4c(c3C(=O)NC3CCCCC3)CCCC4)c2)cc1. The molecule has 1 aromatic heterocycles. The van der Waals surface area contributed by atoms with Crippen molar-refractivity contribution in [2.24, 2.45) is 4.99 Å². The molecule has 2 aliphatic rings. The molecule has 3 aromatic rings. The Hall–Kier alpha value is -3.43. The first-order valence-corrected chi connectivity index (χ1v) is 13.7. The highest BCUT2D eigenvalue weighted by Gasteiger charge is 2.27. The molecule has 2 aliphatic carbocycles. The van der Waals surface area contributed by atoms with E-state index in [2.05, 4.69) is 11.4 Å². The lowest BCUT2D eigenvalue weighted by molar-refractivity contribution is 0.0927. The van der Waals surface area contributed by atoms with E-state index in [1.165, 1.54) is 36.1 Å². The summed E-state index contributed by atoms with van der Waals surface area (Å²) >= 11 is 1.67. The minimum Gasteiger partial charge on any atom is -0.489 e. The highest BCUT2D eigenvalue weighted by Crippen LogP contribution is 2.40. The van der Waals surface area contributed by atoms with Crippen LogP contribution in [-0.4, -0.2) is 18.2 Å². The number of benzene rings is 2. The summed E-state index contributed by atoms with van der Waals surface area (Å²) in [6.45, 7) is 0.426. The number of hydrogen-bond acceptors (Lipinski definition) is 5. The summed E-state index contributed by atoms with van der Waals surface area (Å²) in [4.78, 5) is 19.5. The van der Waals surface area contributed by atoms with Crippen LogP contribution >= 0.6 is 11.3 Å². The van der Waals surface area contributed by atoms with Gasteiger partial charge >= 0.3 is 0 Å². The summed E-state index contributed by atoms with van der Waals surface area (Å²) in [6.07, 6.45) is 12.0. The molecule has 1 amide bonds. The number of amides is 1. The van der Waals surface area contributed by atoms with Gasteiger partial charge in [-0.15, -0.1) is 11.3 Å². The summed E-state index contributed by atoms with van der Waals surface area (Å²) in [7, 11) is 0. The van der Waals surface area contributed by atoms with E-state index in [0.29, 0.717) is 12.2 Å². The number of nitriles is 1. The smallest absolute Gasteiger partial charge is 0.254 e. The molecule has 0 atom stereocenters. The molecule has 0 aliphatic heterocycles. The van der Waals surface area contributed by atoms with Gasteiger partial charge in [-0.25, -0.2) is 4.99 Å². The van der Waals surface area contributed by atoms with Crippen molar-refractivity contribution in [2.45, 2.75) is 70.4 Å². The molecule has 0 radical (unpaired) electrons. The highest BCUT2D eigenvalue weighted by molar-refractivity contribution is 7.16. The maximum Gasteiger partial charge on any atom is 0.254 e. The second kappa shape index (κ2) is 11.5. The second-order valence-electron chi connectivity index (χ2n) is 9.63. The number of carbonyl (C=O) groups excluding carboxylic acids is 1. The molecule has 1 saturated carbocycles. The van der Waals surface area contributed by atoms with E-state index >= 15 is 0 Å². The van der Waals surface area contributed by atoms with E-state index in [0.717, 1.165) is 59.5 Å². The fourth-order valence-electron chi connectivity index (χ4n) is 5.04. The number of nitrogens with one attached hydrogen (secondary N) is 1. The van der Waals surface area contributed by atoms with Crippen LogP contribution in [0, 0.1) is 11.3 Å². The number of aliphatic imine (C=N–C) groups is 1. The van der Waals surface area contributed by atoms with Crippen molar-refractivity contribution in [1.29, 1.82) is 5.26 Å². The highest BCUT2D eigenvalue weighted by atomic mass is 32.1. The van der Waals surface area contributed by atoms with Gasteiger partial charge in [0, 0.05) is 17.1 Å². The van der Waals surface area contributed by atoms with Crippen molar-refractivity contribution in [3.05, 3.63) is 81.2 Å². The zero-order chi connectivity index (χ0) is 24.7. The lowest BCUT2D eigenvalue weighted by atomic mass is 9.93. The van der Waals surface area contributed by atoms with Gasteiger partial charge in [0.15, 0.2) is 0 Å². The van der Waals surface area contributed by atoms with Crippen molar-refractivity contribution in [2.75, 3.05) is 0 Å². The lowest BCUT2D eigenvalue weighted by Gasteiger charge is -2.23. The number of carbonyl (C=O) groups is 1. The third kappa shape index (κ3) is 5.85. The van der Waals surface area contributed by atoms with Crippen LogP contribution in [0.15, 0.2) is 53.5 Å². The van der Waals surface area contributed by atoms with Gasteiger partial charge in [-0.3, -0.25) is 4.79 Å². The standard InChI is InChI=1S/C30H31N3O2S/c31-18-21-13-15-22(16-14-21)20-35-25-10-6-7-23(17-25)19-32-30-28(26-11-4-5-12-27(26)36-30)29(34)33-24-8-2-1-3-9-24/h6-7,10,13-17,19,24H,1-5,8-9,11-12,20H2,(H,33,34). The van der Waals surface area contributed by atoms with Gasteiger partial charge in [-0.1, -0.05) is 43.5 Å². The molecule has 184 valence electrons. The Bertz CT molecular complexity index is 1280. The van der Waals surface area contributed by atoms with E-state index in [9.17, 15) is 4.79 Å². The van der Waals surface area contributed by atoms with E-state index in [4.69, 9.17) is 15.0 Å². The molecular weight excluding hydrogens is 466 g/mol. The Morgan fingerprint density at radius 1 is 1.08 bits per heavy atom. The number of ether oxygens (including phenoxy) is 1. The quantitative estimate of drug-likeness (QED) is 0.361. The Balaban J connectivity index is 1.31. The summed E-state index contributed by atoms with van der Waals surface area (Å²) in [5.41, 5.74) is 4.58. The fraction of sp³-hybridized carbons (Fsp3) is 0.367. The van der Waals surface area contributed by atoms with Crippen molar-refractivity contribution in [3.8, 4) is 11.8 Å². The van der Waals surface area contributed by atoms with Gasteiger partial charge in [0.1, 0.15) is 17.4 Å². The monoisotopic (exact) mass is 497 g/mol. The Morgan fingerprint density at radius 2 is 1.89 bits per heavy atom. The minimum absolute atomic E-state index is 0.0490. The van der Waals surface area contributed by atoms with Gasteiger partial charge < -0.3 is 10.1 Å². The third-order valence-corrected chi connectivity index (χ3v) is 8.20. The van der Waals surface area contributed by atoms with Crippen LogP contribution < -0.4 is 10.1 Å². The molecule has 6 heteroatoms. The molecule has 1 fully saturated rings. The Labute approximate surface area is 216 Å². The number of aryl methyl sites for hydroxylation is 1. The zero-order valence-electron chi connectivity index (χ0n) is 20.5. The zero-order valence-corrected chi connectivity index (χ0v) is 21.3. The van der Waals surface area contributed by atoms with Crippen molar-refractivity contribution in [1.82, 2.24) is 5.32 Å². The first-order chi connectivity index (χ1) is 17.7. The van der Waals surface area contributed by atoms with Gasteiger partial charge in [0.05, 0.1) is 17.2 Å². The predicted molar refractivity (Wildman–Crippen MR) is 144 cm³/mol. The Kier molecular flexibility index (Phi) is 7.78. The second-order valence-corrected chi connectivity index (χ2v) is 10.7. The molecule has 1 heterocycles. The third-order valence-electron chi connectivity index (χ3n) is 7.00. The Morgan fingerprint density at radius 3 is 2.69 bits per heavy atom. The van der Waals surface area contributed by atoms with Crippen molar-refractivity contribution < 1.29 is 9.53 Å². The summed E-state index contributed by atoms with van der Waals surface area (Å²) in [5, 5.41) is 13.1. The molecule has 0 spiro atoms. The number of fused-ring (bicyclic) bond motifs is 1. The maximum atomic E-state index is 13.4. The van der Waals surface area contributed by atoms with E-state index < -0.39 is 0 Å². The van der Waals surface area contributed by atoms with Gasteiger partial charge in [-0.2, -0.15) is 5.26 Å². The molecule has 2 aromatic carbocycles. The average molecular weight is 498 g/mol. The minimum atomic E-state index is 0.0490. The predicted octanol–water partition coefficient (Wildman–Crippen LogP) is 6.89. The largest absolute Gasteiger partial charge is 0.489 e. The van der Waals surface area contributed by atoms with E-state index in [-0.39, 0.29) is 11.9 Å². The van der Waals surface area contributed by atoms with Crippen molar-refractivity contribution >= 4 is 28.5 Å². The average Bonchev–Trinajstić information content (AvgIpc) is 3.30. The van der Waals surface area contributed by atoms with E-state index in [1.807, 2.05) is 42.6 Å².